The minimum Gasteiger partial charge on any atom is -0.512 e. The van der Waals surface area contributed by atoms with Crippen molar-refractivity contribution in [2.45, 2.75) is 66.7 Å². The summed E-state index contributed by atoms with van der Waals surface area (Å²) in [5.41, 5.74) is 0.582. The third-order valence-electron chi connectivity index (χ3n) is 3.63. The highest BCUT2D eigenvalue weighted by molar-refractivity contribution is 5.96. The van der Waals surface area contributed by atoms with Crippen molar-refractivity contribution in [3.63, 3.8) is 0 Å². The fraction of sp³-hybridized carbons (Fsp3) is 0.800. The number of hydrogen-bond donors (Lipinski definition) is 1. The molecule has 2 nitrogen and oxygen atoms in total. The molecule has 0 aliphatic carbocycles. The minimum atomic E-state index is 0.0660. The predicted molar refractivity (Wildman–Crippen MR) is 73.1 cm³/mol. The molecule has 0 aliphatic heterocycles. The predicted octanol–water partition coefficient (Wildman–Crippen LogP) is 4.65. The Balaban J connectivity index is 4.93. The van der Waals surface area contributed by atoms with E-state index in [1.165, 1.54) is 0 Å². The van der Waals surface area contributed by atoms with Crippen LogP contribution in [0.3, 0.4) is 0 Å². The van der Waals surface area contributed by atoms with Gasteiger partial charge in [0.2, 0.25) is 0 Å². The zero-order chi connectivity index (χ0) is 13.4. The smallest absolute Gasteiger partial charge is 0.164 e. The first-order chi connectivity index (χ1) is 8.03. The molecule has 1 N–H and O–H groups in total. The molecule has 0 heterocycles. The quantitative estimate of drug-likeness (QED) is 0.495. The van der Waals surface area contributed by atoms with Crippen molar-refractivity contribution in [1.82, 2.24) is 0 Å². The maximum absolute atomic E-state index is 12.2. The normalized spacial score (nSPS) is 14.7. The van der Waals surface area contributed by atoms with Crippen molar-refractivity contribution in [2.24, 2.45) is 11.8 Å². The van der Waals surface area contributed by atoms with Crippen LogP contribution in [0.5, 0.6) is 0 Å². The van der Waals surface area contributed by atoms with Crippen LogP contribution in [0.2, 0.25) is 0 Å². The molecule has 0 saturated carbocycles. The first-order valence-corrected chi connectivity index (χ1v) is 6.97. The number of carbonyl (C=O) groups is 1. The number of rotatable bonds is 8. The maximum Gasteiger partial charge on any atom is 0.164 e. The lowest BCUT2D eigenvalue weighted by Crippen LogP contribution is -2.17. The van der Waals surface area contributed by atoms with Crippen LogP contribution in [0.15, 0.2) is 11.3 Å². The van der Waals surface area contributed by atoms with Gasteiger partial charge in [-0.2, -0.15) is 0 Å². The fourth-order valence-corrected chi connectivity index (χ4v) is 2.28. The van der Waals surface area contributed by atoms with Gasteiger partial charge in [-0.05, 0) is 32.6 Å². The molecule has 0 aromatic rings. The molecule has 0 rings (SSSR count). The SMILES string of the molecule is CCCC(CC)/C(O)=C(\C)C(=O)C(CC)CC. The summed E-state index contributed by atoms with van der Waals surface area (Å²) in [5.74, 6) is 0.669. The molecule has 1 atom stereocenters. The zero-order valence-corrected chi connectivity index (χ0v) is 12.0. The van der Waals surface area contributed by atoms with Gasteiger partial charge in [0.15, 0.2) is 5.78 Å². The van der Waals surface area contributed by atoms with E-state index in [1.807, 2.05) is 13.8 Å². The Morgan fingerprint density at radius 1 is 1.00 bits per heavy atom. The molecule has 0 aliphatic rings. The number of aliphatic hydroxyl groups excluding tert-OH is 1. The molecule has 0 amide bonds. The summed E-state index contributed by atoms with van der Waals surface area (Å²) < 4.78 is 0. The van der Waals surface area contributed by atoms with Gasteiger partial charge in [-0.15, -0.1) is 0 Å². The van der Waals surface area contributed by atoms with Gasteiger partial charge in [0.25, 0.3) is 0 Å². The van der Waals surface area contributed by atoms with Crippen molar-refractivity contribution in [3.8, 4) is 0 Å². The van der Waals surface area contributed by atoms with Crippen LogP contribution in [-0.2, 0) is 4.79 Å². The number of hydrogen-bond acceptors (Lipinski definition) is 2. The van der Waals surface area contributed by atoms with Crippen LogP contribution in [-0.4, -0.2) is 10.9 Å². The van der Waals surface area contributed by atoms with E-state index in [4.69, 9.17) is 0 Å². The van der Waals surface area contributed by atoms with Crippen LogP contribution in [0.25, 0.3) is 0 Å². The summed E-state index contributed by atoms with van der Waals surface area (Å²) in [6, 6.07) is 0. The highest BCUT2D eigenvalue weighted by Crippen LogP contribution is 2.24. The Bertz CT molecular complexity index is 262. The van der Waals surface area contributed by atoms with Crippen molar-refractivity contribution >= 4 is 5.78 Å². The van der Waals surface area contributed by atoms with Crippen molar-refractivity contribution in [3.05, 3.63) is 11.3 Å². The molecule has 0 radical (unpaired) electrons. The van der Waals surface area contributed by atoms with Crippen molar-refractivity contribution < 1.29 is 9.90 Å². The number of carbonyl (C=O) groups excluding carboxylic acids is 1. The van der Waals surface area contributed by atoms with Crippen LogP contribution in [0, 0.1) is 11.8 Å². The maximum atomic E-state index is 12.2. The first-order valence-electron chi connectivity index (χ1n) is 6.97. The topological polar surface area (TPSA) is 37.3 Å². The molecular formula is C15H28O2. The summed E-state index contributed by atoms with van der Waals surface area (Å²) in [5, 5.41) is 10.2. The molecule has 2 heteroatoms. The molecule has 0 bridgehead atoms. The fourth-order valence-electron chi connectivity index (χ4n) is 2.28. The third-order valence-corrected chi connectivity index (χ3v) is 3.63. The second kappa shape index (κ2) is 8.32. The number of allylic oxidation sites excluding steroid dienone is 2. The zero-order valence-electron chi connectivity index (χ0n) is 12.0. The summed E-state index contributed by atoms with van der Waals surface area (Å²) in [6.45, 7) is 9.99. The molecule has 0 fully saturated rings. The van der Waals surface area contributed by atoms with Gasteiger partial charge < -0.3 is 5.11 Å². The molecule has 1 unspecified atom stereocenters. The van der Waals surface area contributed by atoms with E-state index in [-0.39, 0.29) is 17.6 Å². The summed E-state index contributed by atoms with van der Waals surface area (Å²) in [6.07, 6.45) is 4.59. The lowest BCUT2D eigenvalue weighted by Gasteiger charge is -2.18. The van der Waals surface area contributed by atoms with Gasteiger partial charge in [-0.25, -0.2) is 0 Å². The minimum absolute atomic E-state index is 0.0660. The lowest BCUT2D eigenvalue weighted by atomic mass is 9.88. The third kappa shape index (κ3) is 4.53. The van der Waals surface area contributed by atoms with Gasteiger partial charge >= 0.3 is 0 Å². The molecule has 100 valence electrons. The summed E-state index contributed by atoms with van der Waals surface area (Å²) >= 11 is 0. The second-order valence-corrected chi connectivity index (χ2v) is 4.78. The van der Waals surface area contributed by atoms with Gasteiger partial charge in [-0.1, -0.05) is 34.1 Å². The number of ketones is 1. The monoisotopic (exact) mass is 240 g/mol. The second-order valence-electron chi connectivity index (χ2n) is 4.78. The molecular weight excluding hydrogens is 212 g/mol. The molecule has 0 aromatic carbocycles. The number of aliphatic hydroxyl groups is 1. The van der Waals surface area contributed by atoms with Crippen LogP contribution in [0.1, 0.15) is 66.7 Å². The van der Waals surface area contributed by atoms with E-state index in [2.05, 4.69) is 13.8 Å². The highest BCUT2D eigenvalue weighted by atomic mass is 16.3. The van der Waals surface area contributed by atoms with E-state index < -0.39 is 0 Å². The van der Waals surface area contributed by atoms with Crippen LogP contribution < -0.4 is 0 Å². The van der Waals surface area contributed by atoms with Gasteiger partial charge in [0.05, 0.1) is 0 Å². The van der Waals surface area contributed by atoms with Crippen molar-refractivity contribution in [1.29, 1.82) is 0 Å². The van der Waals surface area contributed by atoms with Gasteiger partial charge in [-0.3, -0.25) is 4.79 Å². The number of Topliss-reactive ketones (excluding diaryl/α,β-unsaturated/α-hetero) is 1. The van der Waals surface area contributed by atoms with Gasteiger partial charge in [0.1, 0.15) is 5.76 Å². The average molecular weight is 240 g/mol. The van der Waals surface area contributed by atoms with Crippen LogP contribution >= 0.6 is 0 Å². The van der Waals surface area contributed by atoms with E-state index in [1.54, 1.807) is 6.92 Å². The Morgan fingerprint density at radius 2 is 1.47 bits per heavy atom. The molecule has 0 aromatic heterocycles. The van der Waals surface area contributed by atoms with Crippen molar-refractivity contribution in [2.75, 3.05) is 0 Å². The lowest BCUT2D eigenvalue weighted by molar-refractivity contribution is -0.119. The molecule has 0 saturated heterocycles. The molecule has 17 heavy (non-hydrogen) atoms. The molecule has 0 spiro atoms. The largest absolute Gasteiger partial charge is 0.512 e. The first kappa shape index (κ1) is 16.2. The Morgan fingerprint density at radius 3 is 1.82 bits per heavy atom. The Kier molecular flexibility index (Phi) is 7.94. The Hall–Kier alpha value is -0.790. The summed E-state index contributed by atoms with van der Waals surface area (Å²) in [4.78, 5) is 12.2. The Labute approximate surface area is 106 Å². The van der Waals surface area contributed by atoms with E-state index in [9.17, 15) is 9.90 Å². The van der Waals surface area contributed by atoms with E-state index in [0.717, 1.165) is 32.1 Å². The standard InChI is InChI=1S/C15H28O2/c1-6-10-13(9-4)15(17)11(5)14(16)12(7-2)8-3/h12-13,17H,6-10H2,1-5H3/b15-11-. The van der Waals surface area contributed by atoms with Gasteiger partial charge in [0, 0.05) is 17.4 Å². The summed E-state index contributed by atoms with van der Waals surface area (Å²) in [7, 11) is 0. The average Bonchev–Trinajstić information content (AvgIpc) is 2.35. The highest BCUT2D eigenvalue weighted by Gasteiger charge is 2.22. The van der Waals surface area contributed by atoms with E-state index in [0.29, 0.717) is 11.3 Å². The van der Waals surface area contributed by atoms with Crippen LogP contribution in [0.4, 0.5) is 0 Å². The van der Waals surface area contributed by atoms with E-state index >= 15 is 0 Å².